The Morgan fingerprint density at radius 1 is 0.970 bits per heavy atom. The number of benzene rings is 2. The minimum Gasteiger partial charge on any atom is -0.497 e. The van der Waals surface area contributed by atoms with Crippen LogP contribution in [-0.4, -0.2) is 48.8 Å². The minimum absolute atomic E-state index is 0.0431. The first-order valence-corrected chi connectivity index (χ1v) is 12.6. The highest BCUT2D eigenvalue weighted by Gasteiger charge is 2.28. The highest BCUT2D eigenvalue weighted by molar-refractivity contribution is 7.99. The number of rotatable bonds is 11. The van der Waals surface area contributed by atoms with E-state index >= 15 is 0 Å². The van der Waals surface area contributed by atoms with Gasteiger partial charge in [0.05, 0.1) is 20.0 Å². The van der Waals surface area contributed by atoms with E-state index in [1.807, 2.05) is 55.5 Å². The quantitative estimate of drug-likeness (QED) is 0.527. The van der Waals surface area contributed by atoms with Crippen LogP contribution in [0.2, 0.25) is 0 Å². The molecule has 0 saturated heterocycles. The molecule has 0 aromatic heterocycles. The van der Waals surface area contributed by atoms with Crippen LogP contribution in [0.15, 0.2) is 48.5 Å². The molecule has 1 atom stereocenters. The fourth-order valence-corrected chi connectivity index (χ4v) is 4.83. The van der Waals surface area contributed by atoms with Crippen molar-refractivity contribution in [1.82, 2.24) is 10.2 Å². The molecule has 2 amide bonds. The lowest BCUT2D eigenvalue weighted by Crippen LogP contribution is -2.50. The second-order valence-electron chi connectivity index (χ2n) is 8.38. The van der Waals surface area contributed by atoms with Crippen LogP contribution >= 0.6 is 11.8 Å². The zero-order chi connectivity index (χ0) is 23.6. The molecule has 1 fully saturated rings. The van der Waals surface area contributed by atoms with Crippen molar-refractivity contribution in [3.8, 4) is 11.5 Å². The van der Waals surface area contributed by atoms with E-state index in [1.54, 1.807) is 30.9 Å². The molecule has 178 valence electrons. The first-order chi connectivity index (χ1) is 16.0. The Hall–Kier alpha value is -2.67. The van der Waals surface area contributed by atoms with Gasteiger partial charge >= 0.3 is 0 Å². The summed E-state index contributed by atoms with van der Waals surface area (Å²) in [5.41, 5.74) is 2.09. The van der Waals surface area contributed by atoms with Crippen molar-refractivity contribution in [2.24, 2.45) is 0 Å². The summed E-state index contributed by atoms with van der Waals surface area (Å²) < 4.78 is 10.4. The Labute approximate surface area is 201 Å². The van der Waals surface area contributed by atoms with E-state index in [4.69, 9.17) is 9.47 Å². The SMILES string of the molecule is COc1ccc(CSCC(=O)N(Cc2ccc(OC)cc2)C(C)C(=O)NC2CCCC2)cc1. The topological polar surface area (TPSA) is 67.9 Å². The first-order valence-electron chi connectivity index (χ1n) is 11.4. The van der Waals surface area contributed by atoms with Gasteiger partial charge in [0, 0.05) is 18.3 Å². The Morgan fingerprint density at radius 2 is 1.52 bits per heavy atom. The summed E-state index contributed by atoms with van der Waals surface area (Å²) >= 11 is 1.55. The highest BCUT2D eigenvalue weighted by atomic mass is 32.2. The van der Waals surface area contributed by atoms with Gasteiger partial charge in [-0.25, -0.2) is 0 Å². The summed E-state index contributed by atoms with van der Waals surface area (Å²) in [6.45, 7) is 2.20. The van der Waals surface area contributed by atoms with Crippen molar-refractivity contribution in [2.75, 3.05) is 20.0 Å². The fourth-order valence-electron chi connectivity index (χ4n) is 3.96. The van der Waals surface area contributed by atoms with Crippen molar-refractivity contribution in [1.29, 1.82) is 0 Å². The summed E-state index contributed by atoms with van der Waals surface area (Å²) in [5, 5.41) is 3.14. The van der Waals surface area contributed by atoms with Crippen molar-refractivity contribution < 1.29 is 19.1 Å². The molecule has 2 aromatic carbocycles. The third-order valence-electron chi connectivity index (χ3n) is 6.03. The van der Waals surface area contributed by atoms with Crippen LogP contribution in [0.4, 0.5) is 0 Å². The van der Waals surface area contributed by atoms with Gasteiger partial charge in [-0.2, -0.15) is 0 Å². The second-order valence-corrected chi connectivity index (χ2v) is 9.36. The lowest BCUT2D eigenvalue weighted by molar-refractivity contribution is -0.138. The molecule has 0 bridgehead atoms. The van der Waals surface area contributed by atoms with Gasteiger partial charge in [-0.1, -0.05) is 37.1 Å². The molecule has 0 radical (unpaired) electrons. The molecular weight excluding hydrogens is 436 g/mol. The van der Waals surface area contributed by atoms with E-state index in [1.165, 1.54) is 0 Å². The number of methoxy groups -OCH3 is 2. The van der Waals surface area contributed by atoms with Crippen LogP contribution in [0, 0.1) is 0 Å². The number of carbonyl (C=O) groups is 2. The van der Waals surface area contributed by atoms with Gasteiger partial charge in [0.1, 0.15) is 17.5 Å². The lowest BCUT2D eigenvalue weighted by atomic mass is 10.1. The Bertz CT molecular complexity index is 896. The van der Waals surface area contributed by atoms with Gasteiger partial charge in [0.15, 0.2) is 0 Å². The summed E-state index contributed by atoms with van der Waals surface area (Å²) in [6.07, 6.45) is 4.33. The van der Waals surface area contributed by atoms with Crippen molar-refractivity contribution in [3.63, 3.8) is 0 Å². The van der Waals surface area contributed by atoms with Gasteiger partial charge < -0.3 is 19.7 Å². The Kier molecular flexibility index (Phi) is 9.48. The molecule has 3 rings (SSSR count). The van der Waals surface area contributed by atoms with E-state index in [9.17, 15) is 9.59 Å². The smallest absolute Gasteiger partial charge is 0.242 e. The van der Waals surface area contributed by atoms with Gasteiger partial charge in [-0.3, -0.25) is 9.59 Å². The molecule has 33 heavy (non-hydrogen) atoms. The molecule has 1 unspecified atom stereocenters. The van der Waals surface area contributed by atoms with Crippen LogP contribution in [0.3, 0.4) is 0 Å². The fraction of sp³-hybridized carbons (Fsp3) is 0.462. The van der Waals surface area contributed by atoms with E-state index in [2.05, 4.69) is 5.32 Å². The molecule has 7 heteroatoms. The molecule has 1 aliphatic carbocycles. The number of nitrogens with zero attached hydrogens (tertiary/aromatic N) is 1. The third kappa shape index (κ3) is 7.42. The van der Waals surface area contributed by atoms with Crippen LogP contribution in [-0.2, 0) is 21.9 Å². The second kappa shape index (κ2) is 12.5. The predicted molar refractivity (Wildman–Crippen MR) is 133 cm³/mol. The monoisotopic (exact) mass is 470 g/mol. The largest absolute Gasteiger partial charge is 0.497 e. The molecule has 1 saturated carbocycles. The molecule has 0 heterocycles. The number of amides is 2. The third-order valence-corrected chi connectivity index (χ3v) is 7.02. The van der Waals surface area contributed by atoms with Crippen LogP contribution in [0.25, 0.3) is 0 Å². The highest BCUT2D eigenvalue weighted by Crippen LogP contribution is 2.21. The van der Waals surface area contributed by atoms with Gasteiger partial charge in [0.2, 0.25) is 11.8 Å². The van der Waals surface area contributed by atoms with E-state index in [0.717, 1.165) is 54.1 Å². The number of carbonyl (C=O) groups excluding carboxylic acids is 2. The van der Waals surface area contributed by atoms with E-state index < -0.39 is 6.04 Å². The minimum atomic E-state index is -0.540. The molecule has 1 N–H and O–H groups in total. The van der Waals surface area contributed by atoms with E-state index in [-0.39, 0.29) is 17.9 Å². The summed E-state index contributed by atoms with van der Waals surface area (Å²) in [4.78, 5) is 27.9. The number of hydrogen-bond acceptors (Lipinski definition) is 5. The summed E-state index contributed by atoms with van der Waals surface area (Å²) in [5.74, 6) is 2.48. The standard InChI is InChI=1S/C26H34N2O4S/c1-19(26(30)27-22-6-4-5-7-22)28(16-20-8-12-23(31-2)13-9-20)25(29)18-33-17-21-10-14-24(32-3)15-11-21/h8-15,19,22H,4-7,16-18H2,1-3H3,(H,27,30). The normalized spacial score (nSPS) is 14.5. The number of nitrogens with one attached hydrogen (secondary N) is 1. The summed E-state index contributed by atoms with van der Waals surface area (Å²) in [7, 11) is 3.27. The van der Waals surface area contributed by atoms with E-state index in [0.29, 0.717) is 12.3 Å². The maximum absolute atomic E-state index is 13.2. The van der Waals surface area contributed by atoms with Crippen molar-refractivity contribution in [2.45, 2.75) is 57.0 Å². The number of hydrogen-bond donors (Lipinski definition) is 1. The maximum Gasteiger partial charge on any atom is 0.242 e. The van der Waals surface area contributed by atoms with Gasteiger partial charge in [0.25, 0.3) is 0 Å². The maximum atomic E-state index is 13.2. The van der Waals surface area contributed by atoms with Crippen molar-refractivity contribution >= 4 is 23.6 Å². The van der Waals surface area contributed by atoms with Gasteiger partial charge in [-0.05, 0) is 55.2 Å². The van der Waals surface area contributed by atoms with Crippen molar-refractivity contribution in [3.05, 3.63) is 59.7 Å². The van der Waals surface area contributed by atoms with Gasteiger partial charge in [-0.15, -0.1) is 11.8 Å². The molecule has 2 aromatic rings. The zero-order valence-electron chi connectivity index (χ0n) is 19.7. The lowest BCUT2D eigenvalue weighted by Gasteiger charge is -2.29. The predicted octanol–water partition coefficient (Wildman–Crippen LogP) is 4.41. The zero-order valence-corrected chi connectivity index (χ0v) is 20.5. The number of ether oxygens (including phenoxy) is 2. The average Bonchev–Trinajstić information content (AvgIpc) is 3.35. The molecule has 0 aliphatic heterocycles. The molecular formula is C26H34N2O4S. The first kappa shape index (κ1) is 25.0. The van der Waals surface area contributed by atoms with Crippen LogP contribution in [0.5, 0.6) is 11.5 Å². The average molecular weight is 471 g/mol. The summed E-state index contributed by atoms with van der Waals surface area (Å²) in [6, 6.07) is 15.2. The number of thioether (sulfide) groups is 1. The molecule has 0 spiro atoms. The molecule has 6 nitrogen and oxygen atoms in total. The Morgan fingerprint density at radius 3 is 2.06 bits per heavy atom. The Balaban J connectivity index is 1.64. The van der Waals surface area contributed by atoms with Crippen LogP contribution < -0.4 is 14.8 Å². The molecule has 1 aliphatic rings. The van der Waals surface area contributed by atoms with Crippen LogP contribution in [0.1, 0.15) is 43.7 Å².